The first-order chi connectivity index (χ1) is 10.3. The molecule has 1 aliphatic rings. The molecule has 3 rings (SSSR count). The lowest BCUT2D eigenvalue weighted by molar-refractivity contribution is 0.256. The molecule has 1 N–H and O–H groups in total. The minimum absolute atomic E-state index is 0.370. The number of para-hydroxylation sites is 1. The molecule has 0 saturated carbocycles. The monoisotopic (exact) mass is 345 g/mol. The molecule has 0 aliphatic carbocycles. The van der Waals surface area contributed by atoms with Crippen molar-refractivity contribution >= 4 is 15.9 Å². The second-order valence-corrected chi connectivity index (χ2v) is 6.42. The molecule has 2 nitrogen and oxygen atoms in total. The Morgan fingerprint density at radius 1 is 1.19 bits per heavy atom. The van der Waals surface area contributed by atoms with Gasteiger partial charge in [-0.15, -0.1) is 0 Å². The third kappa shape index (κ3) is 3.30. The van der Waals surface area contributed by atoms with E-state index < -0.39 is 0 Å². The van der Waals surface area contributed by atoms with E-state index in [9.17, 15) is 0 Å². The highest BCUT2D eigenvalue weighted by molar-refractivity contribution is 9.10. The van der Waals surface area contributed by atoms with E-state index >= 15 is 0 Å². The molecule has 1 aliphatic heterocycles. The van der Waals surface area contributed by atoms with Gasteiger partial charge in [-0.2, -0.15) is 0 Å². The first-order valence-corrected chi connectivity index (χ1v) is 8.21. The summed E-state index contributed by atoms with van der Waals surface area (Å²) in [5.41, 5.74) is 2.69. The predicted molar refractivity (Wildman–Crippen MR) is 89.9 cm³/mol. The van der Waals surface area contributed by atoms with Gasteiger partial charge in [0.15, 0.2) is 0 Å². The van der Waals surface area contributed by atoms with Gasteiger partial charge >= 0.3 is 0 Å². The van der Waals surface area contributed by atoms with Gasteiger partial charge in [-0.25, -0.2) is 0 Å². The minimum atomic E-state index is 0.370. The van der Waals surface area contributed by atoms with Gasteiger partial charge in [-0.1, -0.05) is 46.3 Å². The van der Waals surface area contributed by atoms with Crippen LogP contribution in [0.1, 0.15) is 35.9 Å². The van der Waals surface area contributed by atoms with Gasteiger partial charge in [0.1, 0.15) is 5.75 Å². The number of nitrogens with one attached hydrogen (secondary N) is 1. The fourth-order valence-electron chi connectivity index (χ4n) is 3.06. The Bertz CT molecular complexity index is 596. The molecule has 0 fully saturated rings. The number of hydrogen-bond acceptors (Lipinski definition) is 2. The van der Waals surface area contributed by atoms with E-state index in [-0.39, 0.29) is 0 Å². The van der Waals surface area contributed by atoms with Crippen LogP contribution in [-0.4, -0.2) is 13.7 Å². The van der Waals surface area contributed by atoms with Gasteiger partial charge in [0.2, 0.25) is 0 Å². The van der Waals surface area contributed by atoms with E-state index in [1.165, 1.54) is 11.1 Å². The molecule has 2 aromatic carbocycles. The molecule has 1 heterocycles. The van der Waals surface area contributed by atoms with E-state index in [4.69, 9.17) is 4.74 Å². The molecule has 0 amide bonds. The number of ether oxygens (including phenoxy) is 1. The quantitative estimate of drug-likeness (QED) is 0.869. The molecule has 2 aromatic rings. The van der Waals surface area contributed by atoms with Gasteiger partial charge in [-0.3, -0.25) is 0 Å². The Morgan fingerprint density at radius 2 is 1.95 bits per heavy atom. The van der Waals surface area contributed by atoms with Gasteiger partial charge in [0, 0.05) is 10.5 Å². The van der Waals surface area contributed by atoms with Gasteiger partial charge < -0.3 is 10.1 Å². The van der Waals surface area contributed by atoms with Crippen molar-refractivity contribution in [1.82, 2.24) is 5.32 Å². The fourth-order valence-corrected chi connectivity index (χ4v) is 3.33. The highest BCUT2D eigenvalue weighted by atomic mass is 79.9. The van der Waals surface area contributed by atoms with E-state index in [0.717, 1.165) is 29.7 Å². The summed E-state index contributed by atoms with van der Waals surface area (Å²) < 4.78 is 6.89. The standard InChI is InChI=1S/C18H20BrNO/c1-20-17(13-6-8-15(19)9-7-13)12-14-10-11-21-18-5-3-2-4-16(14)18/h2-9,14,17,20H,10-12H2,1H3. The Hall–Kier alpha value is -1.32. The molecule has 21 heavy (non-hydrogen) atoms. The lowest BCUT2D eigenvalue weighted by Gasteiger charge is -2.29. The number of halogens is 1. The second-order valence-electron chi connectivity index (χ2n) is 5.50. The summed E-state index contributed by atoms with van der Waals surface area (Å²) >= 11 is 3.50. The van der Waals surface area contributed by atoms with Crippen LogP contribution in [-0.2, 0) is 0 Å². The van der Waals surface area contributed by atoms with Crippen LogP contribution in [0, 0.1) is 0 Å². The molecule has 0 radical (unpaired) electrons. The summed E-state index contributed by atoms with van der Waals surface area (Å²) in [5, 5.41) is 3.46. The largest absolute Gasteiger partial charge is 0.493 e. The maximum Gasteiger partial charge on any atom is 0.122 e. The van der Waals surface area contributed by atoms with E-state index in [1.54, 1.807) is 0 Å². The van der Waals surface area contributed by atoms with Crippen LogP contribution >= 0.6 is 15.9 Å². The zero-order valence-corrected chi connectivity index (χ0v) is 13.8. The molecule has 110 valence electrons. The normalized spacial score (nSPS) is 18.7. The summed E-state index contributed by atoms with van der Waals surface area (Å²) in [4.78, 5) is 0. The van der Waals surface area contributed by atoms with Gasteiger partial charge in [-0.05, 0) is 55.1 Å². The van der Waals surface area contributed by atoms with Crippen molar-refractivity contribution in [3.63, 3.8) is 0 Å². The Labute approximate surface area is 134 Å². The van der Waals surface area contributed by atoms with Crippen molar-refractivity contribution in [2.75, 3.05) is 13.7 Å². The first-order valence-electron chi connectivity index (χ1n) is 7.42. The molecule has 0 spiro atoms. The zero-order chi connectivity index (χ0) is 14.7. The summed E-state index contributed by atoms with van der Waals surface area (Å²) in [7, 11) is 2.04. The number of fused-ring (bicyclic) bond motifs is 1. The van der Waals surface area contributed by atoms with E-state index in [0.29, 0.717) is 12.0 Å². The first kappa shape index (κ1) is 14.6. The Morgan fingerprint density at radius 3 is 2.71 bits per heavy atom. The van der Waals surface area contributed by atoms with Crippen LogP contribution < -0.4 is 10.1 Å². The van der Waals surface area contributed by atoms with Crippen LogP contribution in [0.25, 0.3) is 0 Å². The lowest BCUT2D eigenvalue weighted by Crippen LogP contribution is -2.22. The van der Waals surface area contributed by atoms with Crippen molar-refractivity contribution in [1.29, 1.82) is 0 Å². The van der Waals surface area contributed by atoms with Crippen molar-refractivity contribution in [2.45, 2.75) is 24.8 Å². The Kier molecular flexibility index (Phi) is 4.61. The van der Waals surface area contributed by atoms with Crippen LogP contribution in [0.15, 0.2) is 53.0 Å². The zero-order valence-electron chi connectivity index (χ0n) is 12.2. The molecule has 2 atom stereocenters. The topological polar surface area (TPSA) is 21.3 Å². The molecule has 0 aromatic heterocycles. The lowest BCUT2D eigenvalue weighted by atomic mass is 9.85. The number of hydrogen-bond donors (Lipinski definition) is 1. The minimum Gasteiger partial charge on any atom is -0.493 e. The number of rotatable bonds is 4. The predicted octanol–water partition coefficient (Wildman–Crippen LogP) is 4.67. The smallest absolute Gasteiger partial charge is 0.122 e. The third-order valence-corrected chi connectivity index (χ3v) is 4.75. The molecule has 0 bridgehead atoms. The maximum atomic E-state index is 5.76. The summed E-state index contributed by atoms with van der Waals surface area (Å²) in [6.07, 6.45) is 2.18. The van der Waals surface area contributed by atoms with Crippen LogP contribution in [0.3, 0.4) is 0 Å². The van der Waals surface area contributed by atoms with Crippen molar-refractivity contribution in [3.05, 3.63) is 64.1 Å². The van der Waals surface area contributed by atoms with Gasteiger partial charge in [0.25, 0.3) is 0 Å². The van der Waals surface area contributed by atoms with Crippen LogP contribution in [0.2, 0.25) is 0 Å². The van der Waals surface area contributed by atoms with Crippen molar-refractivity contribution in [2.24, 2.45) is 0 Å². The molecular weight excluding hydrogens is 326 g/mol. The Balaban J connectivity index is 1.80. The molecule has 3 heteroatoms. The van der Waals surface area contributed by atoms with Crippen LogP contribution in [0.4, 0.5) is 0 Å². The second kappa shape index (κ2) is 6.63. The van der Waals surface area contributed by atoms with E-state index in [1.807, 2.05) is 13.1 Å². The summed E-state index contributed by atoms with van der Waals surface area (Å²) in [5.74, 6) is 1.61. The summed E-state index contributed by atoms with van der Waals surface area (Å²) in [6.45, 7) is 0.818. The highest BCUT2D eigenvalue weighted by Crippen LogP contribution is 2.38. The molecule has 0 saturated heterocycles. The maximum absolute atomic E-state index is 5.76. The van der Waals surface area contributed by atoms with Gasteiger partial charge in [0.05, 0.1) is 6.61 Å². The molecular formula is C18H20BrNO. The highest BCUT2D eigenvalue weighted by Gasteiger charge is 2.24. The number of benzene rings is 2. The fraction of sp³-hybridized carbons (Fsp3) is 0.333. The van der Waals surface area contributed by atoms with Crippen molar-refractivity contribution < 1.29 is 4.74 Å². The average molecular weight is 346 g/mol. The van der Waals surface area contributed by atoms with Crippen molar-refractivity contribution in [3.8, 4) is 5.75 Å². The SMILES string of the molecule is CNC(CC1CCOc2ccccc21)c1ccc(Br)cc1. The van der Waals surface area contributed by atoms with E-state index in [2.05, 4.69) is 63.7 Å². The summed E-state index contributed by atoms with van der Waals surface area (Å²) in [6, 6.07) is 17.4. The average Bonchev–Trinajstić information content (AvgIpc) is 2.54. The van der Waals surface area contributed by atoms with Crippen LogP contribution in [0.5, 0.6) is 5.75 Å². The molecule has 2 unspecified atom stereocenters. The third-order valence-electron chi connectivity index (χ3n) is 4.22.